The Morgan fingerprint density at radius 2 is 0.523 bits per heavy atom. The maximum Gasteiger partial charge on any atom is 0.306 e. The summed E-state index contributed by atoms with van der Waals surface area (Å²) in [6, 6.07) is 0. The van der Waals surface area contributed by atoms with Crippen LogP contribution < -0.4 is 0 Å². The normalized spacial score (nSPS) is 12.2. The molecule has 0 aromatic heterocycles. The number of esters is 3. The molecule has 0 rings (SSSR count). The first-order valence-corrected chi connectivity index (χ1v) is 28.5. The van der Waals surface area contributed by atoms with Crippen LogP contribution in [0, 0.1) is 0 Å². The molecule has 6 nitrogen and oxygen atoms in total. The summed E-state index contributed by atoms with van der Waals surface area (Å²) < 4.78 is 16.8. The summed E-state index contributed by atoms with van der Waals surface area (Å²) in [7, 11) is 0. The van der Waals surface area contributed by atoms with Crippen LogP contribution >= 0.6 is 0 Å². The molecule has 0 N–H and O–H groups in total. The van der Waals surface area contributed by atoms with E-state index in [2.05, 4.69) is 57.2 Å². The number of rotatable bonds is 52. The molecule has 0 amide bonds. The van der Waals surface area contributed by atoms with Crippen molar-refractivity contribution in [3.63, 3.8) is 0 Å². The quantitative estimate of drug-likeness (QED) is 0.0262. The molecule has 0 aliphatic carbocycles. The van der Waals surface area contributed by atoms with E-state index in [1.807, 2.05) is 0 Å². The highest BCUT2D eigenvalue weighted by Crippen LogP contribution is 2.15. The topological polar surface area (TPSA) is 78.9 Å². The van der Waals surface area contributed by atoms with Crippen LogP contribution in [-0.4, -0.2) is 37.2 Å². The second-order valence-electron chi connectivity index (χ2n) is 19.2. The van der Waals surface area contributed by atoms with Gasteiger partial charge in [-0.1, -0.05) is 231 Å². The first-order chi connectivity index (χ1) is 32.0. The van der Waals surface area contributed by atoms with Crippen molar-refractivity contribution in [1.82, 2.24) is 0 Å². The van der Waals surface area contributed by atoms with E-state index in [-0.39, 0.29) is 31.1 Å². The van der Waals surface area contributed by atoms with Crippen LogP contribution in [0.3, 0.4) is 0 Å². The zero-order valence-electron chi connectivity index (χ0n) is 43.5. The first kappa shape index (κ1) is 62.6. The molecule has 0 heterocycles. The summed E-state index contributed by atoms with van der Waals surface area (Å²) in [6.07, 6.45) is 64.3. The van der Waals surface area contributed by atoms with Gasteiger partial charge in [-0.3, -0.25) is 14.4 Å². The van der Waals surface area contributed by atoms with Crippen LogP contribution in [0.15, 0.2) is 36.5 Å². The van der Waals surface area contributed by atoms with Crippen molar-refractivity contribution in [2.24, 2.45) is 0 Å². The summed E-state index contributed by atoms with van der Waals surface area (Å²) in [4.78, 5) is 38.0. The fourth-order valence-electron chi connectivity index (χ4n) is 8.24. The van der Waals surface area contributed by atoms with Crippen LogP contribution in [0.25, 0.3) is 0 Å². The third-order valence-corrected chi connectivity index (χ3v) is 12.6. The summed E-state index contributed by atoms with van der Waals surface area (Å²) in [5, 5.41) is 0. The van der Waals surface area contributed by atoms with E-state index in [0.717, 1.165) is 83.5 Å². The van der Waals surface area contributed by atoms with E-state index in [9.17, 15) is 14.4 Å². The maximum atomic E-state index is 12.8. The summed E-state index contributed by atoms with van der Waals surface area (Å²) >= 11 is 0. The minimum absolute atomic E-state index is 0.0795. The van der Waals surface area contributed by atoms with Gasteiger partial charge in [-0.25, -0.2) is 0 Å². The van der Waals surface area contributed by atoms with Gasteiger partial charge in [0.05, 0.1) is 0 Å². The first-order valence-electron chi connectivity index (χ1n) is 28.5. The van der Waals surface area contributed by atoms with E-state index < -0.39 is 6.10 Å². The highest BCUT2D eigenvalue weighted by molar-refractivity contribution is 5.71. The van der Waals surface area contributed by atoms with Gasteiger partial charge >= 0.3 is 17.9 Å². The van der Waals surface area contributed by atoms with Gasteiger partial charge in [0, 0.05) is 19.3 Å². The molecule has 0 saturated carbocycles. The largest absolute Gasteiger partial charge is 0.462 e. The second-order valence-corrected chi connectivity index (χ2v) is 19.2. The molecule has 1 unspecified atom stereocenters. The number of allylic oxidation sites excluding steroid dienone is 6. The molecule has 380 valence electrons. The SMILES string of the molecule is CCCC/C=C\CCCCCCC(=O)OCC(COC(=O)CCCCCCCCC/C=C\CCCCCCCCCC)OC(=O)CCCCCCC/C=C\CCCCCCCCCCC. The van der Waals surface area contributed by atoms with Crippen LogP contribution in [0.1, 0.15) is 303 Å². The van der Waals surface area contributed by atoms with Gasteiger partial charge in [-0.15, -0.1) is 0 Å². The molecular formula is C59H108O6. The van der Waals surface area contributed by atoms with Crippen molar-refractivity contribution in [2.45, 2.75) is 309 Å². The molecule has 0 bridgehead atoms. The standard InChI is InChI=1S/C59H108O6/c1-4-7-10-13-16-19-22-24-26-28-30-32-33-35-37-40-43-46-49-52-58(61)64-55-56(54-63-57(60)51-48-45-42-39-21-18-15-12-9-6-3)65-59(62)53-50-47-44-41-38-36-34-31-29-27-25-23-20-17-14-11-8-5-2/h15,18,28,30-31,34,56H,4-14,16-17,19-27,29,32-33,35-55H2,1-3H3/b18-15-,30-28-,34-31-. The summed E-state index contributed by atoms with van der Waals surface area (Å²) in [5.74, 6) is -0.893. The molecule has 0 radical (unpaired) electrons. The second kappa shape index (κ2) is 54.2. The zero-order valence-corrected chi connectivity index (χ0v) is 43.5. The third-order valence-electron chi connectivity index (χ3n) is 12.6. The average molecular weight is 914 g/mol. The van der Waals surface area contributed by atoms with Gasteiger partial charge < -0.3 is 14.2 Å². The number of hydrogen-bond donors (Lipinski definition) is 0. The maximum absolute atomic E-state index is 12.8. The molecule has 0 fully saturated rings. The molecule has 65 heavy (non-hydrogen) atoms. The van der Waals surface area contributed by atoms with Gasteiger partial charge in [0.15, 0.2) is 6.10 Å². The number of hydrogen-bond acceptors (Lipinski definition) is 6. The number of ether oxygens (including phenoxy) is 3. The van der Waals surface area contributed by atoms with E-state index >= 15 is 0 Å². The Morgan fingerprint density at radius 3 is 0.815 bits per heavy atom. The lowest BCUT2D eigenvalue weighted by molar-refractivity contribution is -0.167. The highest BCUT2D eigenvalue weighted by atomic mass is 16.6. The highest BCUT2D eigenvalue weighted by Gasteiger charge is 2.19. The molecule has 0 aromatic carbocycles. The Kier molecular flexibility index (Phi) is 52.3. The van der Waals surface area contributed by atoms with Gasteiger partial charge in [0.2, 0.25) is 0 Å². The van der Waals surface area contributed by atoms with E-state index in [1.165, 1.54) is 180 Å². The number of carbonyl (C=O) groups excluding carboxylic acids is 3. The van der Waals surface area contributed by atoms with Crippen LogP contribution in [0.4, 0.5) is 0 Å². The summed E-state index contributed by atoms with van der Waals surface area (Å²) in [6.45, 7) is 6.61. The minimum Gasteiger partial charge on any atom is -0.462 e. The zero-order chi connectivity index (χ0) is 47.2. The van der Waals surface area contributed by atoms with Crippen molar-refractivity contribution in [3.8, 4) is 0 Å². The molecule has 6 heteroatoms. The van der Waals surface area contributed by atoms with E-state index in [1.54, 1.807) is 0 Å². The van der Waals surface area contributed by atoms with Gasteiger partial charge in [0.1, 0.15) is 13.2 Å². The number of carbonyl (C=O) groups is 3. The third kappa shape index (κ3) is 52.5. The molecule has 0 spiro atoms. The van der Waals surface area contributed by atoms with Gasteiger partial charge in [-0.2, -0.15) is 0 Å². The van der Waals surface area contributed by atoms with Crippen LogP contribution in [0.2, 0.25) is 0 Å². The molecule has 0 aliphatic heterocycles. The van der Waals surface area contributed by atoms with Crippen molar-refractivity contribution < 1.29 is 28.6 Å². The van der Waals surface area contributed by atoms with E-state index in [4.69, 9.17) is 14.2 Å². The molecule has 1 atom stereocenters. The lowest BCUT2D eigenvalue weighted by Gasteiger charge is -2.18. The molecule has 0 aromatic rings. The average Bonchev–Trinajstić information content (AvgIpc) is 3.30. The Morgan fingerprint density at radius 1 is 0.292 bits per heavy atom. The van der Waals surface area contributed by atoms with Crippen LogP contribution in [0.5, 0.6) is 0 Å². The fraction of sp³-hybridized carbons (Fsp3) is 0.847. The van der Waals surface area contributed by atoms with Crippen molar-refractivity contribution >= 4 is 17.9 Å². The Bertz CT molecular complexity index is 1090. The Labute approximate surface area is 404 Å². The van der Waals surface area contributed by atoms with Gasteiger partial charge in [0.25, 0.3) is 0 Å². The molecule has 0 aliphatic rings. The van der Waals surface area contributed by atoms with Gasteiger partial charge in [-0.05, 0) is 89.9 Å². The Balaban J connectivity index is 4.30. The Hall–Kier alpha value is -2.37. The predicted molar refractivity (Wildman–Crippen MR) is 279 cm³/mol. The van der Waals surface area contributed by atoms with Crippen molar-refractivity contribution in [1.29, 1.82) is 0 Å². The fourth-order valence-corrected chi connectivity index (χ4v) is 8.24. The summed E-state index contributed by atoms with van der Waals surface area (Å²) in [5.41, 5.74) is 0. The molecular weight excluding hydrogens is 805 g/mol. The monoisotopic (exact) mass is 913 g/mol. The minimum atomic E-state index is -0.780. The lowest BCUT2D eigenvalue weighted by Crippen LogP contribution is -2.30. The van der Waals surface area contributed by atoms with E-state index in [0.29, 0.717) is 19.3 Å². The lowest BCUT2D eigenvalue weighted by atomic mass is 10.1. The smallest absolute Gasteiger partial charge is 0.306 e. The van der Waals surface area contributed by atoms with Crippen LogP contribution in [-0.2, 0) is 28.6 Å². The van der Waals surface area contributed by atoms with Crippen molar-refractivity contribution in [2.75, 3.05) is 13.2 Å². The van der Waals surface area contributed by atoms with Crippen molar-refractivity contribution in [3.05, 3.63) is 36.5 Å². The molecule has 0 saturated heterocycles. The number of unbranched alkanes of at least 4 members (excludes halogenated alkanes) is 35. The predicted octanol–water partition coefficient (Wildman–Crippen LogP) is 18.9.